The molecule has 0 bridgehead atoms. The number of hydrazone groups is 1. The summed E-state index contributed by atoms with van der Waals surface area (Å²) < 4.78 is 11.6. The lowest BCUT2D eigenvalue weighted by Gasteiger charge is -2.14. The molecule has 0 atom stereocenters. The van der Waals surface area contributed by atoms with Crippen molar-refractivity contribution in [2.24, 2.45) is 5.10 Å². The van der Waals surface area contributed by atoms with Crippen molar-refractivity contribution in [1.82, 2.24) is 5.43 Å². The van der Waals surface area contributed by atoms with Gasteiger partial charge in [-0.15, -0.1) is 0 Å². The first-order valence-corrected chi connectivity index (χ1v) is 10.8. The van der Waals surface area contributed by atoms with Gasteiger partial charge in [-0.3, -0.25) is 4.79 Å². The minimum atomic E-state index is -0.305. The minimum absolute atomic E-state index is 0.0872. The number of para-hydroxylation sites is 1. The molecule has 0 fully saturated rings. The van der Waals surface area contributed by atoms with Gasteiger partial charge in [0.2, 0.25) is 0 Å². The fourth-order valence-electron chi connectivity index (χ4n) is 3.02. The second kappa shape index (κ2) is 12.7. The van der Waals surface area contributed by atoms with Crippen LogP contribution in [0.25, 0.3) is 0 Å². The fraction of sp³-hybridized carbons (Fsp3) is 0.440. The highest BCUT2D eigenvalue weighted by Crippen LogP contribution is 2.27. The third-order valence-electron chi connectivity index (χ3n) is 4.72. The van der Waals surface area contributed by atoms with Gasteiger partial charge in [-0.25, -0.2) is 5.43 Å². The van der Waals surface area contributed by atoms with Crippen LogP contribution in [0.4, 0.5) is 0 Å². The van der Waals surface area contributed by atoms with Crippen LogP contribution >= 0.6 is 0 Å². The number of hydrogen-bond acceptors (Lipinski definition) is 4. The summed E-state index contributed by atoms with van der Waals surface area (Å²) in [4.78, 5) is 12.1. The first kappa shape index (κ1) is 23.5. The topological polar surface area (TPSA) is 59.9 Å². The van der Waals surface area contributed by atoms with Crippen LogP contribution in [0.3, 0.4) is 0 Å². The van der Waals surface area contributed by atoms with E-state index in [1.165, 1.54) is 19.3 Å². The maximum absolute atomic E-state index is 12.1. The van der Waals surface area contributed by atoms with E-state index in [0.29, 0.717) is 12.5 Å². The van der Waals surface area contributed by atoms with E-state index in [4.69, 9.17) is 9.47 Å². The maximum atomic E-state index is 12.1. The number of amides is 1. The van der Waals surface area contributed by atoms with Crippen LogP contribution in [-0.2, 0) is 4.79 Å². The van der Waals surface area contributed by atoms with E-state index in [2.05, 4.69) is 37.4 Å². The van der Waals surface area contributed by atoms with Crippen molar-refractivity contribution in [3.05, 3.63) is 59.2 Å². The Balaban J connectivity index is 1.86. The molecule has 2 rings (SSSR count). The van der Waals surface area contributed by atoms with E-state index in [1.54, 1.807) is 6.21 Å². The van der Waals surface area contributed by atoms with Gasteiger partial charge in [-0.2, -0.15) is 5.10 Å². The van der Waals surface area contributed by atoms with E-state index in [0.717, 1.165) is 34.6 Å². The molecule has 0 saturated heterocycles. The lowest BCUT2D eigenvalue weighted by atomic mass is 10.0. The Bertz CT molecular complexity index is 831. The van der Waals surface area contributed by atoms with Crippen molar-refractivity contribution in [3.8, 4) is 11.5 Å². The van der Waals surface area contributed by atoms with Gasteiger partial charge in [-0.05, 0) is 48.6 Å². The summed E-state index contributed by atoms with van der Waals surface area (Å²) in [5.74, 6) is 1.52. The number of unbranched alkanes of at least 4 members (excludes halogenated alkanes) is 3. The van der Waals surface area contributed by atoms with Crippen LogP contribution in [0.1, 0.15) is 69.1 Å². The van der Waals surface area contributed by atoms with Crippen LogP contribution in [0.5, 0.6) is 11.5 Å². The second-order valence-corrected chi connectivity index (χ2v) is 7.72. The van der Waals surface area contributed by atoms with Gasteiger partial charge >= 0.3 is 0 Å². The van der Waals surface area contributed by atoms with Gasteiger partial charge in [-0.1, -0.05) is 64.3 Å². The largest absolute Gasteiger partial charge is 0.493 e. The zero-order chi connectivity index (χ0) is 21.8. The van der Waals surface area contributed by atoms with Gasteiger partial charge in [0, 0.05) is 5.56 Å². The predicted molar refractivity (Wildman–Crippen MR) is 123 cm³/mol. The van der Waals surface area contributed by atoms with Crippen molar-refractivity contribution in [2.45, 2.75) is 59.3 Å². The Morgan fingerprint density at radius 1 is 1.07 bits per heavy atom. The van der Waals surface area contributed by atoms with Gasteiger partial charge < -0.3 is 9.47 Å². The summed E-state index contributed by atoms with van der Waals surface area (Å²) in [5.41, 5.74) is 5.54. The van der Waals surface area contributed by atoms with E-state index in [1.807, 2.05) is 43.3 Å². The molecule has 2 aromatic rings. The smallest absolute Gasteiger partial charge is 0.277 e. The Hall–Kier alpha value is -2.82. The number of carbonyl (C=O) groups is 1. The van der Waals surface area contributed by atoms with E-state index in [-0.39, 0.29) is 12.5 Å². The van der Waals surface area contributed by atoms with Crippen molar-refractivity contribution in [2.75, 3.05) is 13.2 Å². The number of nitrogens with zero attached hydrogens (tertiary/aromatic N) is 1. The molecule has 0 aliphatic rings. The molecule has 0 aliphatic heterocycles. The highest BCUT2D eigenvalue weighted by Gasteiger charge is 2.10. The third kappa shape index (κ3) is 7.90. The molecule has 5 nitrogen and oxygen atoms in total. The highest BCUT2D eigenvalue weighted by molar-refractivity contribution is 5.85. The maximum Gasteiger partial charge on any atom is 0.277 e. The molecule has 0 radical (unpaired) electrons. The van der Waals surface area contributed by atoms with Gasteiger partial charge in [0.15, 0.2) is 6.61 Å². The van der Waals surface area contributed by atoms with Crippen LogP contribution in [0, 0.1) is 6.92 Å². The molecular formula is C25H34N2O3. The fourth-order valence-corrected chi connectivity index (χ4v) is 3.02. The molecule has 0 aliphatic carbocycles. The van der Waals surface area contributed by atoms with E-state index < -0.39 is 0 Å². The lowest BCUT2D eigenvalue weighted by molar-refractivity contribution is -0.123. The SMILES string of the molecule is CCCCCCOc1ccccc1C=NNC(=O)COc1cc(C)ccc1C(C)C. The first-order valence-electron chi connectivity index (χ1n) is 10.8. The van der Waals surface area contributed by atoms with Gasteiger partial charge in [0.25, 0.3) is 5.91 Å². The summed E-state index contributed by atoms with van der Waals surface area (Å²) in [6.07, 6.45) is 6.23. The molecule has 0 heterocycles. The van der Waals surface area contributed by atoms with Crippen molar-refractivity contribution in [3.63, 3.8) is 0 Å². The summed E-state index contributed by atoms with van der Waals surface area (Å²) >= 11 is 0. The summed E-state index contributed by atoms with van der Waals surface area (Å²) in [6, 6.07) is 13.7. The standard InChI is InChI=1S/C25H34N2O3/c1-5-6-7-10-15-29-23-12-9-8-11-21(23)17-26-27-25(28)18-30-24-16-20(4)13-14-22(24)19(2)3/h8-9,11-14,16-17,19H,5-7,10,15,18H2,1-4H3,(H,27,28). The van der Waals surface area contributed by atoms with Crippen LogP contribution in [0.15, 0.2) is 47.6 Å². The molecule has 162 valence electrons. The number of ether oxygens (including phenoxy) is 2. The molecule has 2 aromatic carbocycles. The number of carbonyl (C=O) groups excluding carboxylic acids is 1. The summed E-state index contributed by atoms with van der Waals surface area (Å²) in [5, 5.41) is 4.06. The lowest BCUT2D eigenvalue weighted by Crippen LogP contribution is -2.25. The predicted octanol–water partition coefficient (Wildman–Crippen LogP) is 5.61. The van der Waals surface area contributed by atoms with Crippen LogP contribution in [0.2, 0.25) is 0 Å². The third-order valence-corrected chi connectivity index (χ3v) is 4.72. The van der Waals surface area contributed by atoms with Crippen molar-refractivity contribution < 1.29 is 14.3 Å². The Kier molecular flexibility index (Phi) is 9.92. The Morgan fingerprint density at radius 2 is 1.87 bits per heavy atom. The second-order valence-electron chi connectivity index (χ2n) is 7.72. The number of nitrogens with one attached hydrogen (secondary N) is 1. The van der Waals surface area contributed by atoms with Crippen molar-refractivity contribution >= 4 is 12.1 Å². The highest BCUT2D eigenvalue weighted by atomic mass is 16.5. The van der Waals surface area contributed by atoms with E-state index >= 15 is 0 Å². The molecule has 0 aromatic heterocycles. The number of hydrogen-bond donors (Lipinski definition) is 1. The molecule has 5 heteroatoms. The number of benzene rings is 2. The zero-order valence-electron chi connectivity index (χ0n) is 18.6. The number of aryl methyl sites for hydroxylation is 1. The molecule has 0 unspecified atom stereocenters. The number of rotatable bonds is 12. The molecule has 0 saturated carbocycles. The quantitative estimate of drug-likeness (QED) is 0.281. The van der Waals surface area contributed by atoms with Crippen LogP contribution in [-0.4, -0.2) is 25.3 Å². The average molecular weight is 411 g/mol. The summed E-state index contributed by atoms with van der Waals surface area (Å²) in [7, 11) is 0. The molecular weight excluding hydrogens is 376 g/mol. The molecule has 1 amide bonds. The zero-order valence-corrected chi connectivity index (χ0v) is 18.6. The average Bonchev–Trinajstić information content (AvgIpc) is 2.73. The first-order chi connectivity index (χ1) is 14.5. The van der Waals surface area contributed by atoms with Crippen LogP contribution < -0.4 is 14.9 Å². The normalized spacial score (nSPS) is 11.1. The van der Waals surface area contributed by atoms with Gasteiger partial charge in [0.1, 0.15) is 11.5 Å². The van der Waals surface area contributed by atoms with Gasteiger partial charge in [0.05, 0.1) is 12.8 Å². The van der Waals surface area contributed by atoms with E-state index in [9.17, 15) is 4.79 Å². The molecule has 0 spiro atoms. The summed E-state index contributed by atoms with van der Waals surface area (Å²) in [6.45, 7) is 8.99. The Morgan fingerprint density at radius 3 is 2.63 bits per heavy atom. The minimum Gasteiger partial charge on any atom is -0.493 e. The molecule has 30 heavy (non-hydrogen) atoms. The molecule has 1 N–H and O–H groups in total. The van der Waals surface area contributed by atoms with Crippen molar-refractivity contribution in [1.29, 1.82) is 0 Å². The monoisotopic (exact) mass is 410 g/mol. The Labute approximate surface area is 180 Å².